The molecule has 36 heavy (non-hydrogen) atoms. The molecule has 0 fully saturated rings. The van der Waals surface area contributed by atoms with Crippen molar-refractivity contribution in [2.45, 2.75) is 87.0 Å². The molecular formula is C36H44. The van der Waals surface area contributed by atoms with Gasteiger partial charge in [-0.15, -0.1) is 6.58 Å². The van der Waals surface area contributed by atoms with Gasteiger partial charge in [-0.05, 0) is 116 Å². The van der Waals surface area contributed by atoms with Crippen LogP contribution in [0.3, 0.4) is 0 Å². The normalized spacial score (nSPS) is 29.2. The summed E-state index contributed by atoms with van der Waals surface area (Å²) in [6.45, 7) is 34.1. The lowest BCUT2D eigenvalue weighted by Crippen LogP contribution is -2.52. The molecule has 0 spiro atoms. The van der Waals surface area contributed by atoms with Crippen LogP contribution in [-0.2, 0) is 6.42 Å². The average Bonchev–Trinajstić information content (AvgIpc) is 2.77. The monoisotopic (exact) mass is 476 g/mol. The minimum atomic E-state index is -0.118. The Bertz CT molecular complexity index is 1330. The maximum Gasteiger partial charge on any atom is 0.0283 e. The van der Waals surface area contributed by atoms with E-state index in [2.05, 4.69) is 85.6 Å². The highest BCUT2D eigenvalue weighted by molar-refractivity contribution is 5.87. The van der Waals surface area contributed by atoms with Gasteiger partial charge in [-0.2, -0.15) is 0 Å². The predicted octanol–water partition coefficient (Wildman–Crippen LogP) is 9.86. The Morgan fingerprint density at radius 3 is 2.42 bits per heavy atom. The highest BCUT2D eigenvalue weighted by atomic mass is 14.6. The van der Waals surface area contributed by atoms with Crippen molar-refractivity contribution in [1.29, 1.82) is 0 Å². The van der Waals surface area contributed by atoms with Gasteiger partial charge in [-0.3, -0.25) is 0 Å². The fourth-order valence-electron chi connectivity index (χ4n) is 8.15. The summed E-state index contributed by atoms with van der Waals surface area (Å²) in [5.74, 6) is 6.97. The average molecular weight is 477 g/mol. The molecule has 0 N–H and O–H groups in total. The van der Waals surface area contributed by atoms with E-state index in [1.807, 2.05) is 6.08 Å². The van der Waals surface area contributed by atoms with Gasteiger partial charge in [0.2, 0.25) is 0 Å². The van der Waals surface area contributed by atoms with E-state index < -0.39 is 0 Å². The first-order valence-corrected chi connectivity index (χ1v) is 13.5. The third-order valence-corrected chi connectivity index (χ3v) is 9.76. The minimum absolute atomic E-state index is 0.0246. The van der Waals surface area contributed by atoms with Crippen molar-refractivity contribution >= 4 is 5.57 Å². The molecule has 0 heterocycles. The van der Waals surface area contributed by atoms with E-state index in [0.29, 0.717) is 0 Å². The highest BCUT2D eigenvalue weighted by Gasteiger charge is 2.59. The fraction of sp³-hybridized carbons (Fsp3) is 0.444. The van der Waals surface area contributed by atoms with Gasteiger partial charge in [0.15, 0.2) is 0 Å². The summed E-state index contributed by atoms with van der Waals surface area (Å²) < 4.78 is 0. The van der Waals surface area contributed by atoms with E-state index in [0.717, 1.165) is 44.1 Å². The molecule has 0 saturated heterocycles. The zero-order chi connectivity index (χ0) is 26.6. The number of aryl methyl sites for hydroxylation is 1. The second kappa shape index (κ2) is 8.95. The van der Waals surface area contributed by atoms with Gasteiger partial charge in [-0.25, -0.2) is 0 Å². The van der Waals surface area contributed by atoms with Crippen LogP contribution in [0.1, 0.15) is 95.9 Å². The number of fused-ring (bicyclic) bond motifs is 3. The van der Waals surface area contributed by atoms with E-state index in [4.69, 9.17) is 13.2 Å². The molecule has 1 aromatic carbocycles. The van der Waals surface area contributed by atoms with Crippen LogP contribution in [0.2, 0.25) is 0 Å². The van der Waals surface area contributed by atoms with Crippen molar-refractivity contribution in [3.05, 3.63) is 100 Å². The van der Waals surface area contributed by atoms with Gasteiger partial charge in [0.05, 0.1) is 0 Å². The summed E-state index contributed by atoms with van der Waals surface area (Å²) in [5.41, 5.74) is 14.4. The first-order valence-electron chi connectivity index (χ1n) is 13.5. The van der Waals surface area contributed by atoms with Gasteiger partial charge in [0.1, 0.15) is 0 Å². The van der Waals surface area contributed by atoms with Gasteiger partial charge in [-0.1, -0.05) is 81.2 Å². The van der Waals surface area contributed by atoms with Crippen LogP contribution in [0, 0.1) is 35.0 Å². The van der Waals surface area contributed by atoms with Crippen LogP contribution in [0.5, 0.6) is 0 Å². The Kier molecular flexibility index (Phi) is 6.54. The van der Waals surface area contributed by atoms with Gasteiger partial charge in [0.25, 0.3) is 0 Å². The summed E-state index contributed by atoms with van der Waals surface area (Å²) in [7, 11) is 0. The molecule has 0 aliphatic heterocycles. The Labute approximate surface area is 220 Å². The third kappa shape index (κ3) is 3.66. The molecule has 0 radical (unpaired) electrons. The van der Waals surface area contributed by atoms with Crippen LogP contribution in [0.15, 0.2) is 78.0 Å². The SMILES string of the molecule is C=CCCCC#Cc1ccc(C)c2c1C[C@]1(C)C[C@]3(C)CC(C)=C(C(=C)C)C(=C)[C@]3(C)C(C)=C1C2=C. The first kappa shape index (κ1) is 26.3. The summed E-state index contributed by atoms with van der Waals surface area (Å²) in [4.78, 5) is 0. The van der Waals surface area contributed by atoms with Crippen molar-refractivity contribution in [1.82, 2.24) is 0 Å². The predicted molar refractivity (Wildman–Crippen MR) is 158 cm³/mol. The first-order chi connectivity index (χ1) is 16.8. The number of benzene rings is 1. The Hall–Kier alpha value is -2.78. The lowest BCUT2D eigenvalue weighted by Gasteiger charge is -2.62. The van der Waals surface area contributed by atoms with Crippen molar-refractivity contribution in [2.24, 2.45) is 16.2 Å². The maximum atomic E-state index is 4.77. The maximum absolute atomic E-state index is 4.77. The molecule has 3 aliphatic carbocycles. The van der Waals surface area contributed by atoms with Crippen LogP contribution in [0.4, 0.5) is 0 Å². The van der Waals surface area contributed by atoms with Crippen molar-refractivity contribution in [2.75, 3.05) is 0 Å². The summed E-state index contributed by atoms with van der Waals surface area (Å²) in [6, 6.07) is 4.46. The van der Waals surface area contributed by atoms with Gasteiger partial charge < -0.3 is 0 Å². The molecule has 0 unspecified atom stereocenters. The fourth-order valence-corrected chi connectivity index (χ4v) is 8.15. The Morgan fingerprint density at radius 2 is 1.78 bits per heavy atom. The number of hydrogen-bond acceptors (Lipinski definition) is 0. The molecule has 4 rings (SSSR count). The highest BCUT2D eigenvalue weighted by Crippen LogP contribution is 2.70. The summed E-state index contributed by atoms with van der Waals surface area (Å²) >= 11 is 0. The zero-order valence-electron chi connectivity index (χ0n) is 23.8. The van der Waals surface area contributed by atoms with Crippen molar-refractivity contribution < 1.29 is 0 Å². The molecule has 0 heteroatoms. The lowest BCUT2D eigenvalue weighted by atomic mass is 9.41. The second-order valence-corrected chi connectivity index (χ2v) is 12.4. The van der Waals surface area contributed by atoms with E-state index in [9.17, 15) is 0 Å². The van der Waals surface area contributed by atoms with Crippen LogP contribution >= 0.6 is 0 Å². The Balaban J connectivity index is 1.90. The summed E-state index contributed by atoms with van der Waals surface area (Å²) in [5, 5.41) is 0. The Morgan fingerprint density at radius 1 is 1.08 bits per heavy atom. The quantitative estimate of drug-likeness (QED) is 0.230. The van der Waals surface area contributed by atoms with E-state index >= 15 is 0 Å². The molecule has 188 valence electrons. The molecule has 0 nitrogen and oxygen atoms in total. The number of allylic oxidation sites excluding steroid dienone is 8. The number of hydrogen-bond donors (Lipinski definition) is 0. The zero-order valence-corrected chi connectivity index (χ0v) is 23.8. The molecule has 0 aromatic heterocycles. The van der Waals surface area contributed by atoms with E-state index in [-0.39, 0.29) is 16.2 Å². The molecule has 1 aromatic rings. The molecular weight excluding hydrogens is 432 g/mol. The molecule has 3 aliphatic rings. The standard InChI is InChI=1S/C36H44/c1-12-13-14-15-16-17-29-19-18-24(4)32-26(6)33-28(8)36(11)27(7)31(23(2)3)25(5)20-35(36,10)22-34(33,9)21-30(29)32/h12,18-19H,1-2,6-7,13-15,20-22H2,3-5,8-11H3/t34-,35+,36-/m1/s1. The van der Waals surface area contributed by atoms with Crippen molar-refractivity contribution in [3.8, 4) is 11.8 Å². The summed E-state index contributed by atoms with van der Waals surface area (Å²) in [6.07, 6.45) is 8.18. The third-order valence-electron chi connectivity index (χ3n) is 9.76. The van der Waals surface area contributed by atoms with Crippen molar-refractivity contribution in [3.63, 3.8) is 0 Å². The van der Waals surface area contributed by atoms with Gasteiger partial charge in [0, 0.05) is 17.4 Å². The molecule has 3 atom stereocenters. The minimum Gasteiger partial charge on any atom is -0.103 e. The van der Waals surface area contributed by atoms with Crippen LogP contribution in [-0.4, -0.2) is 0 Å². The van der Waals surface area contributed by atoms with Crippen LogP contribution < -0.4 is 0 Å². The lowest BCUT2D eigenvalue weighted by molar-refractivity contribution is 0.0544. The number of rotatable bonds is 4. The molecule has 0 saturated carbocycles. The molecule has 0 bridgehead atoms. The topological polar surface area (TPSA) is 0 Å². The second-order valence-electron chi connectivity index (χ2n) is 12.4. The number of unbranched alkanes of at least 4 members (excludes halogenated alkanes) is 2. The largest absolute Gasteiger partial charge is 0.103 e. The van der Waals surface area contributed by atoms with E-state index in [1.54, 1.807) is 0 Å². The van der Waals surface area contributed by atoms with Crippen LogP contribution in [0.25, 0.3) is 5.57 Å². The van der Waals surface area contributed by atoms with Gasteiger partial charge >= 0.3 is 0 Å². The van der Waals surface area contributed by atoms with E-state index in [1.165, 1.54) is 55.7 Å². The molecule has 0 amide bonds. The smallest absolute Gasteiger partial charge is 0.0283 e.